The maximum Gasteiger partial charge on any atom is 0.327 e. The Balaban J connectivity index is 2.79. The van der Waals surface area contributed by atoms with Crippen LogP contribution in [-0.2, 0) is 17.6 Å². The smallest absolute Gasteiger partial charge is 0.327 e. The van der Waals surface area contributed by atoms with Gasteiger partial charge in [0.1, 0.15) is 5.75 Å². The Kier molecular flexibility index (Phi) is 3.92. The molecule has 0 heterocycles. The molecule has 1 rings (SSSR count). The number of rotatable bonds is 4. The van der Waals surface area contributed by atoms with E-state index in [9.17, 15) is 9.90 Å². The number of phenols is 1. The van der Waals surface area contributed by atoms with E-state index in [0.717, 1.165) is 23.6 Å². The van der Waals surface area contributed by atoms with E-state index in [1.165, 1.54) is 6.08 Å². The molecule has 0 radical (unpaired) electrons. The second kappa shape index (κ2) is 5.20. The average Bonchev–Trinajstić information content (AvgIpc) is 2.20. The van der Waals surface area contributed by atoms with E-state index in [1.54, 1.807) is 6.07 Å². The SMILES string of the molecule is CCc1ccc(O)c(C/C=C/C(=O)O)c1. The van der Waals surface area contributed by atoms with Crippen LogP contribution >= 0.6 is 0 Å². The molecule has 0 spiro atoms. The van der Waals surface area contributed by atoms with Gasteiger partial charge in [-0.1, -0.05) is 25.1 Å². The maximum absolute atomic E-state index is 10.2. The molecule has 1 aromatic carbocycles. The van der Waals surface area contributed by atoms with Gasteiger partial charge in [-0.2, -0.15) is 0 Å². The molecule has 0 bridgehead atoms. The predicted molar refractivity (Wildman–Crippen MR) is 58.0 cm³/mol. The number of carboxylic acids is 1. The molecule has 0 amide bonds. The van der Waals surface area contributed by atoms with Crippen molar-refractivity contribution in [2.24, 2.45) is 0 Å². The highest BCUT2D eigenvalue weighted by Crippen LogP contribution is 2.19. The second-order valence-corrected chi connectivity index (χ2v) is 3.26. The van der Waals surface area contributed by atoms with Crippen LogP contribution < -0.4 is 0 Å². The summed E-state index contributed by atoms with van der Waals surface area (Å²) in [5.74, 6) is -0.761. The van der Waals surface area contributed by atoms with E-state index < -0.39 is 5.97 Å². The third-order valence-electron chi connectivity index (χ3n) is 2.15. The van der Waals surface area contributed by atoms with Crippen molar-refractivity contribution in [2.75, 3.05) is 0 Å². The molecule has 0 atom stereocenters. The quantitative estimate of drug-likeness (QED) is 0.742. The van der Waals surface area contributed by atoms with Crippen molar-refractivity contribution in [1.82, 2.24) is 0 Å². The number of aliphatic carboxylic acids is 1. The van der Waals surface area contributed by atoms with Crippen LogP contribution in [0, 0.1) is 0 Å². The monoisotopic (exact) mass is 206 g/mol. The first-order valence-corrected chi connectivity index (χ1v) is 4.83. The number of carboxylic acid groups (broad SMARTS) is 1. The Morgan fingerprint density at radius 2 is 2.20 bits per heavy atom. The molecule has 0 fully saturated rings. The van der Waals surface area contributed by atoms with Gasteiger partial charge in [-0.15, -0.1) is 0 Å². The summed E-state index contributed by atoms with van der Waals surface area (Å²) in [6.45, 7) is 2.03. The van der Waals surface area contributed by atoms with Gasteiger partial charge < -0.3 is 10.2 Å². The van der Waals surface area contributed by atoms with Crippen molar-refractivity contribution < 1.29 is 15.0 Å². The van der Waals surface area contributed by atoms with E-state index in [4.69, 9.17) is 5.11 Å². The first kappa shape index (κ1) is 11.3. The van der Waals surface area contributed by atoms with Gasteiger partial charge in [0.25, 0.3) is 0 Å². The highest BCUT2D eigenvalue weighted by atomic mass is 16.4. The van der Waals surface area contributed by atoms with E-state index in [-0.39, 0.29) is 5.75 Å². The Hall–Kier alpha value is -1.77. The molecule has 1 aromatic rings. The first-order valence-electron chi connectivity index (χ1n) is 4.83. The van der Waals surface area contributed by atoms with Crippen LogP contribution in [0.15, 0.2) is 30.4 Å². The topological polar surface area (TPSA) is 57.5 Å². The molecule has 0 saturated carbocycles. The van der Waals surface area contributed by atoms with Gasteiger partial charge in [0.2, 0.25) is 0 Å². The van der Waals surface area contributed by atoms with Crippen LogP contribution in [-0.4, -0.2) is 16.2 Å². The fourth-order valence-electron chi connectivity index (χ4n) is 1.31. The fourth-order valence-corrected chi connectivity index (χ4v) is 1.31. The molecule has 3 nitrogen and oxygen atoms in total. The van der Waals surface area contributed by atoms with Gasteiger partial charge in [-0.05, 0) is 30.0 Å². The minimum atomic E-state index is -0.971. The molecule has 0 aliphatic heterocycles. The molecule has 0 unspecified atom stereocenters. The zero-order chi connectivity index (χ0) is 11.3. The van der Waals surface area contributed by atoms with Gasteiger partial charge in [0.15, 0.2) is 0 Å². The average molecular weight is 206 g/mol. The van der Waals surface area contributed by atoms with Gasteiger partial charge in [0.05, 0.1) is 0 Å². The number of hydrogen-bond acceptors (Lipinski definition) is 2. The predicted octanol–water partition coefficient (Wildman–Crippen LogP) is 2.14. The molecule has 15 heavy (non-hydrogen) atoms. The molecule has 80 valence electrons. The molecule has 0 aromatic heterocycles. The number of hydrogen-bond donors (Lipinski definition) is 2. The van der Waals surface area contributed by atoms with Crippen LogP contribution in [0.4, 0.5) is 0 Å². The molecule has 0 aliphatic carbocycles. The van der Waals surface area contributed by atoms with Crippen molar-refractivity contribution in [1.29, 1.82) is 0 Å². The Bertz CT molecular complexity index is 380. The van der Waals surface area contributed by atoms with Crippen LogP contribution in [0.25, 0.3) is 0 Å². The van der Waals surface area contributed by atoms with Crippen molar-refractivity contribution in [3.8, 4) is 5.75 Å². The first-order chi connectivity index (χ1) is 7.13. The van der Waals surface area contributed by atoms with Gasteiger partial charge >= 0.3 is 5.97 Å². The normalized spacial score (nSPS) is 10.7. The summed E-state index contributed by atoms with van der Waals surface area (Å²) in [4.78, 5) is 10.2. The molecule has 0 saturated heterocycles. The van der Waals surface area contributed by atoms with Crippen LogP contribution in [0.1, 0.15) is 18.1 Å². The molecular formula is C12H14O3. The van der Waals surface area contributed by atoms with E-state index in [1.807, 2.05) is 19.1 Å². The van der Waals surface area contributed by atoms with Crippen LogP contribution in [0.3, 0.4) is 0 Å². The van der Waals surface area contributed by atoms with Crippen LogP contribution in [0.5, 0.6) is 5.75 Å². The summed E-state index contributed by atoms with van der Waals surface area (Å²) >= 11 is 0. The summed E-state index contributed by atoms with van der Waals surface area (Å²) < 4.78 is 0. The number of allylic oxidation sites excluding steroid dienone is 1. The maximum atomic E-state index is 10.2. The minimum absolute atomic E-state index is 0.210. The highest BCUT2D eigenvalue weighted by molar-refractivity contribution is 5.79. The van der Waals surface area contributed by atoms with Crippen LogP contribution in [0.2, 0.25) is 0 Å². The summed E-state index contributed by atoms with van der Waals surface area (Å²) in [6, 6.07) is 5.39. The number of carbonyl (C=O) groups is 1. The Morgan fingerprint density at radius 3 is 2.80 bits per heavy atom. The lowest BCUT2D eigenvalue weighted by molar-refractivity contribution is -0.131. The number of aryl methyl sites for hydroxylation is 1. The molecule has 0 aliphatic rings. The summed E-state index contributed by atoms with van der Waals surface area (Å²) in [5.41, 5.74) is 1.89. The highest BCUT2D eigenvalue weighted by Gasteiger charge is 2.00. The third kappa shape index (κ3) is 3.46. The van der Waals surface area contributed by atoms with Crippen molar-refractivity contribution in [3.05, 3.63) is 41.5 Å². The Labute approximate surface area is 88.7 Å². The Morgan fingerprint density at radius 1 is 1.47 bits per heavy atom. The zero-order valence-corrected chi connectivity index (χ0v) is 8.60. The van der Waals surface area contributed by atoms with Gasteiger partial charge in [-0.3, -0.25) is 0 Å². The zero-order valence-electron chi connectivity index (χ0n) is 8.60. The van der Waals surface area contributed by atoms with Crippen molar-refractivity contribution in [3.63, 3.8) is 0 Å². The van der Waals surface area contributed by atoms with Gasteiger partial charge in [-0.25, -0.2) is 4.79 Å². The van der Waals surface area contributed by atoms with E-state index >= 15 is 0 Å². The van der Waals surface area contributed by atoms with E-state index in [2.05, 4.69) is 0 Å². The third-order valence-corrected chi connectivity index (χ3v) is 2.15. The summed E-state index contributed by atoms with van der Waals surface area (Å²) in [6.07, 6.45) is 3.94. The number of aromatic hydroxyl groups is 1. The minimum Gasteiger partial charge on any atom is -0.508 e. The van der Waals surface area contributed by atoms with Crippen molar-refractivity contribution in [2.45, 2.75) is 19.8 Å². The lowest BCUT2D eigenvalue weighted by Crippen LogP contribution is -1.90. The lowest BCUT2D eigenvalue weighted by atomic mass is 10.1. The van der Waals surface area contributed by atoms with E-state index in [0.29, 0.717) is 6.42 Å². The second-order valence-electron chi connectivity index (χ2n) is 3.26. The van der Waals surface area contributed by atoms with Gasteiger partial charge in [0, 0.05) is 6.08 Å². The number of phenolic OH excluding ortho intramolecular Hbond substituents is 1. The largest absolute Gasteiger partial charge is 0.508 e. The fraction of sp³-hybridized carbons (Fsp3) is 0.250. The molecule has 2 N–H and O–H groups in total. The van der Waals surface area contributed by atoms with Crippen molar-refractivity contribution >= 4 is 5.97 Å². The standard InChI is InChI=1S/C12H14O3/c1-2-9-6-7-11(13)10(8-9)4-3-5-12(14)15/h3,5-8,13H,2,4H2,1H3,(H,14,15)/b5-3+. The summed E-state index contributed by atoms with van der Waals surface area (Å²) in [7, 11) is 0. The molecule has 3 heteroatoms. The lowest BCUT2D eigenvalue weighted by Gasteiger charge is -2.03. The molecular weight excluding hydrogens is 192 g/mol. The number of benzene rings is 1. The summed E-state index contributed by atoms with van der Waals surface area (Å²) in [5, 5.41) is 17.9.